The second kappa shape index (κ2) is 5.99. The Morgan fingerprint density at radius 3 is 2.90 bits per heavy atom. The maximum absolute atomic E-state index is 5.99. The number of hydrogen-bond donors (Lipinski definition) is 1. The van der Waals surface area contributed by atoms with Crippen LogP contribution in [-0.2, 0) is 0 Å². The summed E-state index contributed by atoms with van der Waals surface area (Å²) in [6.45, 7) is 4.82. The molecule has 2 aromatic heterocycles. The van der Waals surface area contributed by atoms with Crippen LogP contribution in [0, 0.1) is 6.92 Å². The van der Waals surface area contributed by atoms with Gasteiger partial charge in [-0.2, -0.15) is 4.98 Å². The second-order valence-electron chi connectivity index (χ2n) is 4.56. The fourth-order valence-electron chi connectivity index (χ4n) is 1.94. The summed E-state index contributed by atoms with van der Waals surface area (Å²) in [6, 6.07) is 7.95. The molecule has 0 aliphatic rings. The minimum atomic E-state index is 0.571. The van der Waals surface area contributed by atoms with E-state index in [9.17, 15) is 0 Å². The fraction of sp³-hybridized carbons (Fsp3) is 0.200. The highest BCUT2D eigenvalue weighted by Crippen LogP contribution is 2.34. The summed E-state index contributed by atoms with van der Waals surface area (Å²) >= 11 is 5.10. The molecule has 0 saturated carbocycles. The molecular formula is C15H14BrN3OS. The predicted molar refractivity (Wildman–Crippen MR) is 90.5 cm³/mol. The second-order valence-corrected chi connectivity index (χ2v) is 6.31. The molecule has 0 atom stereocenters. The Kier molecular flexibility index (Phi) is 4.07. The molecule has 1 N–H and O–H groups in total. The molecule has 0 radical (unpaired) electrons. The quantitative estimate of drug-likeness (QED) is 0.709. The van der Waals surface area contributed by atoms with E-state index in [4.69, 9.17) is 4.74 Å². The number of nitrogens with one attached hydrogen (secondary N) is 1. The van der Waals surface area contributed by atoms with Crippen molar-refractivity contribution in [3.05, 3.63) is 39.7 Å². The molecule has 0 unspecified atom stereocenters. The first-order valence-electron chi connectivity index (χ1n) is 6.60. The lowest BCUT2D eigenvalue weighted by Gasteiger charge is -2.10. The van der Waals surface area contributed by atoms with E-state index >= 15 is 0 Å². The molecule has 6 heteroatoms. The Hall–Kier alpha value is -1.66. The Bertz CT molecular complexity index is 788. The number of fused-ring (bicyclic) bond motifs is 1. The molecule has 3 aromatic rings. The van der Waals surface area contributed by atoms with Crippen LogP contribution < -0.4 is 10.1 Å². The van der Waals surface area contributed by atoms with Crippen LogP contribution in [0.3, 0.4) is 0 Å². The smallest absolute Gasteiger partial charge is 0.232 e. The maximum atomic E-state index is 5.99. The summed E-state index contributed by atoms with van der Waals surface area (Å²) < 4.78 is 6.90. The summed E-state index contributed by atoms with van der Waals surface area (Å²) in [5, 5.41) is 6.05. The lowest BCUT2D eigenvalue weighted by molar-refractivity contribution is 0.466. The highest BCUT2D eigenvalue weighted by atomic mass is 79.9. The van der Waals surface area contributed by atoms with E-state index in [1.165, 1.54) is 5.56 Å². The fourth-order valence-corrected chi connectivity index (χ4v) is 3.26. The highest BCUT2D eigenvalue weighted by molar-refractivity contribution is 9.10. The van der Waals surface area contributed by atoms with Crippen molar-refractivity contribution in [1.82, 2.24) is 9.97 Å². The molecule has 0 aliphatic carbocycles. The molecule has 0 saturated heterocycles. The first kappa shape index (κ1) is 14.3. The van der Waals surface area contributed by atoms with Crippen molar-refractivity contribution in [2.24, 2.45) is 0 Å². The van der Waals surface area contributed by atoms with E-state index in [0.29, 0.717) is 11.8 Å². The monoisotopic (exact) mass is 363 g/mol. The zero-order valence-corrected chi connectivity index (χ0v) is 14.1. The third-order valence-corrected chi connectivity index (χ3v) is 4.35. The van der Waals surface area contributed by atoms with Gasteiger partial charge in [-0.1, -0.05) is 6.07 Å². The average molecular weight is 364 g/mol. The summed E-state index contributed by atoms with van der Waals surface area (Å²) in [6.07, 6.45) is 0. The summed E-state index contributed by atoms with van der Waals surface area (Å²) in [5.41, 5.74) is 1.17. The van der Waals surface area contributed by atoms with E-state index in [0.717, 1.165) is 27.0 Å². The van der Waals surface area contributed by atoms with Gasteiger partial charge < -0.3 is 10.1 Å². The van der Waals surface area contributed by atoms with Crippen LogP contribution in [0.25, 0.3) is 10.2 Å². The van der Waals surface area contributed by atoms with Crippen LogP contribution in [0.1, 0.15) is 12.5 Å². The molecule has 2 heterocycles. The molecule has 0 bridgehead atoms. The predicted octanol–water partition coefficient (Wildman–Crippen LogP) is 4.99. The van der Waals surface area contributed by atoms with Crippen molar-refractivity contribution < 1.29 is 4.74 Å². The number of aryl methyl sites for hydroxylation is 1. The Labute approximate surface area is 135 Å². The van der Waals surface area contributed by atoms with Gasteiger partial charge in [0.15, 0.2) is 0 Å². The van der Waals surface area contributed by atoms with Crippen LogP contribution in [-0.4, -0.2) is 16.5 Å². The standard InChI is InChI=1S/C15H14BrN3OS/c1-3-17-15-18-13(10-6-7-21-14(10)19-15)20-12-5-4-9(2)8-11(12)16/h4-8H,3H2,1-2H3,(H,17,18,19). The topological polar surface area (TPSA) is 47.0 Å². The lowest BCUT2D eigenvalue weighted by Crippen LogP contribution is -2.03. The zero-order valence-electron chi connectivity index (χ0n) is 11.7. The van der Waals surface area contributed by atoms with Crippen LogP contribution >= 0.6 is 27.3 Å². The number of nitrogens with zero attached hydrogens (tertiary/aromatic N) is 2. The van der Waals surface area contributed by atoms with Crippen LogP contribution in [0.2, 0.25) is 0 Å². The minimum Gasteiger partial charge on any atom is -0.437 e. The molecule has 4 nitrogen and oxygen atoms in total. The van der Waals surface area contributed by atoms with Crippen molar-refractivity contribution >= 4 is 43.4 Å². The van der Waals surface area contributed by atoms with Crippen LogP contribution in [0.4, 0.5) is 5.95 Å². The third-order valence-electron chi connectivity index (χ3n) is 2.92. The van der Waals surface area contributed by atoms with Gasteiger partial charge in [0, 0.05) is 6.54 Å². The van der Waals surface area contributed by atoms with Gasteiger partial charge in [-0.3, -0.25) is 0 Å². The van der Waals surface area contributed by atoms with Gasteiger partial charge in [0.25, 0.3) is 0 Å². The number of halogens is 1. The van der Waals surface area contributed by atoms with E-state index in [1.54, 1.807) is 11.3 Å². The number of hydrogen-bond acceptors (Lipinski definition) is 5. The normalized spacial score (nSPS) is 10.8. The SMILES string of the molecule is CCNc1nc(Oc2ccc(C)cc2Br)c2ccsc2n1. The molecule has 0 fully saturated rings. The highest BCUT2D eigenvalue weighted by Gasteiger charge is 2.12. The molecule has 1 aromatic carbocycles. The van der Waals surface area contributed by atoms with E-state index in [2.05, 4.69) is 31.2 Å². The molecule has 21 heavy (non-hydrogen) atoms. The van der Waals surface area contributed by atoms with Crippen molar-refractivity contribution in [2.45, 2.75) is 13.8 Å². The maximum Gasteiger partial charge on any atom is 0.232 e. The average Bonchev–Trinajstić information content (AvgIpc) is 2.91. The summed E-state index contributed by atoms with van der Waals surface area (Å²) in [7, 11) is 0. The first-order chi connectivity index (χ1) is 10.2. The molecule has 0 spiro atoms. The Morgan fingerprint density at radius 2 is 2.14 bits per heavy atom. The van der Waals surface area contributed by atoms with Crippen molar-refractivity contribution in [3.8, 4) is 11.6 Å². The zero-order chi connectivity index (χ0) is 14.8. The van der Waals surface area contributed by atoms with Gasteiger partial charge in [-0.15, -0.1) is 11.3 Å². The number of aromatic nitrogens is 2. The van der Waals surface area contributed by atoms with Gasteiger partial charge in [0.1, 0.15) is 10.6 Å². The molecular weight excluding hydrogens is 350 g/mol. The minimum absolute atomic E-state index is 0.571. The summed E-state index contributed by atoms with van der Waals surface area (Å²) in [4.78, 5) is 9.85. The first-order valence-corrected chi connectivity index (χ1v) is 8.27. The van der Waals surface area contributed by atoms with Gasteiger partial charge in [-0.05, 0) is 58.9 Å². The molecule has 0 aliphatic heterocycles. The van der Waals surface area contributed by atoms with Gasteiger partial charge >= 0.3 is 0 Å². The molecule has 3 rings (SSSR count). The Morgan fingerprint density at radius 1 is 1.29 bits per heavy atom. The van der Waals surface area contributed by atoms with Crippen LogP contribution in [0.15, 0.2) is 34.1 Å². The van der Waals surface area contributed by atoms with E-state index < -0.39 is 0 Å². The van der Waals surface area contributed by atoms with E-state index in [-0.39, 0.29) is 0 Å². The third kappa shape index (κ3) is 3.01. The number of ether oxygens (including phenoxy) is 1. The Balaban J connectivity index is 2.04. The molecule has 0 amide bonds. The van der Waals surface area contributed by atoms with Crippen molar-refractivity contribution in [2.75, 3.05) is 11.9 Å². The van der Waals surface area contributed by atoms with Crippen LogP contribution in [0.5, 0.6) is 11.6 Å². The van der Waals surface area contributed by atoms with Crippen molar-refractivity contribution in [3.63, 3.8) is 0 Å². The number of thiophene rings is 1. The van der Waals surface area contributed by atoms with Crippen molar-refractivity contribution in [1.29, 1.82) is 0 Å². The number of anilines is 1. The number of rotatable bonds is 4. The van der Waals surface area contributed by atoms with E-state index in [1.807, 2.05) is 43.5 Å². The van der Waals surface area contributed by atoms with Gasteiger partial charge in [-0.25, -0.2) is 4.98 Å². The number of benzene rings is 1. The largest absolute Gasteiger partial charge is 0.437 e. The molecule has 108 valence electrons. The summed E-state index contributed by atoms with van der Waals surface area (Å²) in [5.74, 6) is 1.90. The lowest BCUT2D eigenvalue weighted by atomic mass is 10.2. The van der Waals surface area contributed by atoms with Gasteiger partial charge in [0.05, 0.1) is 9.86 Å². The van der Waals surface area contributed by atoms with Gasteiger partial charge in [0.2, 0.25) is 11.8 Å².